The standard InChI is InChI=1S/C25H21NO3/c1-2-17-13-15-18(16-14-17)22-21(23(27)19-9-5-3-6-10-19)24(28)25(29)26(22)20-11-7-4-8-12-20/h3-16,22,27H,2H2,1H3/b23-21-. The second kappa shape index (κ2) is 7.76. The lowest BCUT2D eigenvalue weighted by Gasteiger charge is -2.25. The van der Waals surface area contributed by atoms with Gasteiger partial charge in [-0.15, -0.1) is 0 Å². The number of anilines is 1. The fraction of sp³-hybridized carbons (Fsp3) is 0.120. The van der Waals surface area contributed by atoms with Crippen molar-refractivity contribution < 1.29 is 14.7 Å². The Morgan fingerprint density at radius 1 is 0.862 bits per heavy atom. The van der Waals surface area contributed by atoms with Gasteiger partial charge in [0.15, 0.2) is 0 Å². The van der Waals surface area contributed by atoms with E-state index in [4.69, 9.17) is 0 Å². The van der Waals surface area contributed by atoms with Crippen molar-refractivity contribution in [1.82, 2.24) is 0 Å². The summed E-state index contributed by atoms with van der Waals surface area (Å²) in [4.78, 5) is 27.5. The summed E-state index contributed by atoms with van der Waals surface area (Å²) >= 11 is 0. The van der Waals surface area contributed by atoms with Crippen molar-refractivity contribution in [3.05, 3.63) is 107 Å². The first-order valence-electron chi connectivity index (χ1n) is 9.62. The molecule has 1 amide bonds. The van der Waals surface area contributed by atoms with Crippen LogP contribution in [0.15, 0.2) is 90.5 Å². The molecule has 1 N–H and O–H groups in total. The number of carbonyl (C=O) groups excluding carboxylic acids is 2. The van der Waals surface area contributed by atoms with Gasteiger partial charge in [-0.25, -0.2) is 0 Å². The van der Waals surface area contributed by atoms with Gasteiger partial charge < -0.3 is 5.11 Å². The number of rotatable bonds is 4. The van der Waals surface area contributed by atoms with E-state index in [-0.39, 0.29) is 11.3 Å². The van der Waals surface area contributed by atoms with Crippen LogP contribution in [0, 0.1) is 0 Å². The monoisotopic (exact) mass is 383 g/mol. The quantitative estimate of drug-likeness (QED) is 0.397. The average molecular weight is 383 g/mol. The molecule has 0 bridgehead atoms. The van der Waals surface area contributed by atoms with Crippen molar-refractivity contribution in [3.8, 4) is 0 Å². The minimum absolute atomic E-state index is 0.106. The summed E-state index contributed by atoms with van der Waals surface area (Å²) in [6.45, 7) is 2.07. The zero-order valence-corrected chi connectivity index (χ0v) is 16.1. The first-order chi connectivity index (χ1) is 14.1. The lowest BCUT2D eigenvalue weighted by atomic mass is 9.94. The number of benzene rings is 3. The van der Waals surface area contributed by atoms with Gasteiger partial charge >= 0.3 is 0 Å². The van der Waals surface area contributed by atoms with Crippen LogP contribution in [0.5, 0.6) is 0 Å². The Hall–Kier alpha value is -3.66. The number of hydrogen-bond acceptors (Lipinski definition) is 3. The normalized spacial score (nSPS) is 18.2. The molecule has 29 heavy (non-hydrogen) atoms. The van der Waals surface area contributed by atoms with Crippen LogP contribution in [0.25, 0.3) is 5.76 Å². The van der Waals surface area contributed by atoms with Crippen molar-refractivity contribution in [1.29, 1.82) is 0 Å². The first kappa shape index (κ1) is 18.7. The van der Waals surface area contributed by atoms with E-state index in [0.29, 0.717) is 11.3 Å². The largest absolute Gasteiger partial charge is 0.507 e. The van der Waals surface area contributed by atoms with E-state index < -0.39 is 17.7 Å². The van der Waals surface area contributed by atoms with E-state index in [2.05, 4.69) is 6.92 Å². The van der Waals surface area contributed by atoms with Crippen molar-refractivity contribution >= 4 is 23.1 Å². The van der Waals surface area contributed by atoms with Crippen molar-refractivity contribution in [3.63, 3.8) is 0 Å². The van der Waals surface area contributed by atoms with Gasteiger partial charge in [-0.1, -0.05) is 79.7 Å². The molecule has 3 aromatic rings. The van der Waals surface area contributed by atoms with E-state index in [1.807, 2.05) is 48.5 Å². The molecule has 1 heterocycles. The highest BCUT2D eigenvalue weighted by Crippen LogP contribution is 2.42. The Bertz CT molecular complexity index is 1070. The first-order valence-corrected chi connectivity index (χ1v) is 9.62. The van der Waals surface area contributed by atoms with Gasteiger partial charge in [0, 0.05) is 11.3 Å². The number of carbonyl (C=O) groups is 2. The highest BCUT2D eigenvalue weighted by Gasteiger charge is 2.46. The lowest BCUT2D eigenvalue weighted by Crippen LogP contribution is -2.29. The third-order valence-corrected chi connectivity index (χ3v) is 5.23. The molecular weight excluding hydrogens is 362 g/mol. The van der Waals surface area contributed by atoms with Gasteiger partial charge in [0.25, 0.3) is 11.7 Å². The molecule has 1 unspecified atom stereocenters. The predicted octanol–water partition coefficient (Wildman–Crippen LogP) is 4.88. The van der Waals surface area contributed by atoms with Crippen LogP contribution in [-0.2, 0) is 16.0 Å². The van der Waals surface area contributed by atoms with Crippen LogP contribution in [0.3, 0.4) is 0 Å². The summed E-state index contributed by atoms with van der Waals surface area (Å²) in [6, 6.07) is 25.1. The Morgan fingerprint density at radius 2 is 1.45 bits per heavy atom. The Morgan fingerprint density at radius 3 is 2.03 bits per heavy atom. The molecular formula is C25H21NO3. The van der Waals surface area contributed by atoms with Gasteiger partial charge in [0.05, 0.1) is 11.6 Å². The Labute approximate surface area is 169 Å². The van der Waals surface area contributed by atoms with Crippen LogP contribution in [0.2, 0.25) is 0 Å². The van der Waals surface area contributed by atoms with E-state index in [1.165, 1.54) is 4.90 Å². The van der Waals surface area contributed by atoms with Crippen LogP contribution in [-0.4, -0.2) is 16.8 Å². The number of nitrogens with zero attached hydrogens (tertiary/aromatic N) is 1. The van der Waals surface area contributed by atoms with Gasteiger partial charge in [-0.05, 0) is 29.7 Å². The summed E-state index contributed by atoms with van der Waals surface area (Å²) in [7, 11) is 0. The molecule has 0 radical (unpaired) electrons. The van der Waals surface area contributed by atoms with Crippen LogP contribution < -0.4 is 4.90 Å². The highest BCUT2D eigenvalue weighted by atomic mass is 16.3. The highest BCUT2D eigenvalue weighted by molar-refractivity contribution is 6.51. The summed E-state index contributed by atoms with van der Waals surface area (Å²) in [5.74, 6) is -1.48. The molecule has 1 aliphatic rings. The molecule has 1 fully saturated rings. The second-order valence-electron chi connectivity index (χ2n) is 6.97. The number of aliphatic hydroxyl groups excluding tert-OH is 1. The van der Waals surface area contributed by atoms with E-state index in [1.54, 1.807) is 36.4 Å². The third-order valence-electron chi connectivity index (χ3n) is 5.23. The summed E-state index contributed by atoms with van der Waals surface area (Å²) in [5, 5.41) is 11.0. The average Bonchev–Trinajstić information content (AvgIpc) is 3.05. The summed E-state index contributed by atoms with van der Waals surface area (Å²) in [6.07, 6.45) is 0.892. The molecule has 1 atom stereocenters. The molecule has 1 saturated heterocycles. The fourth-order valence-corrected chi connectivity index (χ4v) is 3.69. The fourth-order valence-electron chi connectivity index (χ4n) is 3.69. The number of amides is 1. The minimum atomic E-state index is -0.691. The van der Waals surface area contributed by atoms with Crippen molar-refractivity contribution in [2.45, 2.75) is 19.4 Å². The predicted molar refractivity (Wildman–Crippen MR) is 113 cm³/mol. The molecule has 4 nitrogen and oxygen atoms in total. The van der Waals surface area contributed by atoms with Gasteiger partial charge in [0.2, 0.25) is 0 Å². The van der Waals surface area contributed by atoms with E-state index >= 15 is 0 Å². The molecule has 1 aliphatic heterocycles. The third kappa shape index (κ3) is 3.34. The molecule has 0 saturated carbocycles. The van der Waals surface area contributed by atoms with Crippen molar-refractivity contribution in [2.75, 3.05) is 4.90 Å². The molecule has 3 aromatic carbocycles. The number of hydrogen-bond donors (Lipinski definition) is 1. The molecule has 144 valence electrons. The molecule has 4 rings (SSSR count). The maximum Gasteiger partial charge on any atom is 0.300 e. The van der Waals surface area contributed by atoms with Crippen LogP contribution in [0.1, 0.15) is 29.7 Å². The molecule has 0 spiro atoms. The Kier molecular flexibility index (Phi) is 5.00. The maximum atomic E-state index is 13.0. The number of aliphatic hydroxyl groups is 1. The second-order valence-corrected chi connectivity index (χ2v) is 6.97. The van der Waals surface area contributed by atoms with Crippen LogP contribution >= 0.6 is 0 Å². The number of ketones is 1. The minimum Gasteiger partial charge on any atom is -0.507 e. The van der Waals surface area contributed by atoms with Gasteiger partial charge in [0.1, 0.15) is 5.76 Å². The van der Waals surface area contributed by atoms with Crippen LogP contribution in [0.4, 0.5) is 5.69 Å². The van der Waals surface area contributed by atoms with Crippen molar-refractivity contribution in [2.24, 2.45) is 0 Å². The number of aryl methyl sites for hydroxylation is 1. The summed E-state index contributed by atoms with van der Waals surface area (Å²) in [5.41, 5.74) is 3.17. The Balaban J connectivity index is 1.93. The zero-order chi connectivity index (χ0) is 20.4. The number of Topliss-reactive ketones (excluding diaryl/α,β-unsaturated/α-hetero) is 1. The SMILES string of the molecule is CCc1ccc(C2/C(=C(/O)c3ccccc3)C(=O)C(=O)N2c2ccccc2)cc1. The van der Waals surface area contributed by atoms with Gasteiger partial charge in [-0.3, -0.25) is 14.5 Å². The van der Waals surface area contributed by atoms with Gasteiger partial charge in [-0.2, -0.15) is 0 Å². The topological polar surface area (TPSA) is 57.6 Å². The van der Waals surface area contributed by atoms with E-state index in [0.717, 1.165) is 17.5 Å². The summed E-state index contributed by atoms with van der Waals surface area (Å²) < 4.78 is 0. The number of para-hydroxylation sites is 1. The molecule has 0 aliphatic carbocycles. The van der Waals surface area contributed by atoms with E-state index in [9.17, 15) is 14.7 Å². The molecule has 0 aromatic heterocycles. The maximum absolute atomic E-state index is 13.0. The zero-order valence-electron chi connectivity index (χ0n) is 16.1. The molecule has 4 heteroatoms. The smallest absolute Gasteiger partial charge is 0.300 e. The lowest BCUT2D eigenvalue weighted by molar-refractivity contribution is -0.132.